The molecule has 3 rings (SSSR count). The minimum atomic E-state index is 0.706. The normalized spacial score (nSPS) is 27.8. The molecule has 2 aliphatic carbocycles. The molecule has 0 radical (unpaired) electrons. The van der Waals surface area contributed by atoms with Gasteiger partial charge in [-0.05, 0) is 31.4 Å². The Labute approximate surface area is 114 Å². The fourth-order valence-corrected chi connectivity index (χ4v) is 4.19. The van der Waals surface area contributed by atoms with Gasteiger partial charge < -0.3 is 9.88 Å². The van der Waals surface area contributed by atoms with Gasteiger partial charge in [-0.2, -0.15) is 11.8 Å². The highest BCUT2D eigenvalue weighted by Gasteiger charge is 2.28. The van der Waals surface area contributed by atoms with E-state index in [1.165, 1.54) is 43.6 Å². The minimum Gasteiger partial charge on any atom is -0.330 e. The molecule has 2 unspecified atom stereocenters. The van der Waals surface area contributed by atoms with Gasteiger partial charge in [0.2, 0.25) is 0 Å². The van der Waals surface area contributed by atoms with Gasteiger partial charge in [-0.15, -0.1) is 0 Å². The number of hydrogen-bond acceptors (Lipinski definition) is 3. The third kappa shape index (κ3) is 2.75. The largest absolute Gasteiger partial charge is 0.330 e. The van der Waals surface area contributed by atoms with Gasteiger partial charge in [0.25, 0.3) is 0 Å². The number of thioether (sulfide) groups is 1. The van der Waals surface area contributed by atoms with Gasteiger partial charge in [-0.3, -0.25) is 0 Å². The fourth-order valence-electron chi connectivity index (χ4n) is 2.96. The van der Waals surface area contributed by atoms with E-state index in [1.807, 2.05) is 12.5 Å². The predicted molar refractivity (Wildman–Crippen MR) is 76.9 cm³/mol. The summed E-state index contributed by atoms with van der Waals surface area (Å²) in [5.74, 6) is 1.24. The standard InChI is InChI=1S/C14H23N3S/c1-2-18-14-5-3-4-13(14)16-9-12-8-15-10-17(12)11-6-7-11/h8,10-11,13-14,16H,2-7,9H2,1H3. The molecule has 0 aliphatic heterocycles. The molecule has 100 valence electrons. The summed E-state index contributed by atoms with van der Waals surface area (Å²) in [4.78, 5) is 4.30. The van der Waals surface area contributed by atoms with Gasteiger partial charge >= 0.3 is 0 Å². The van der Waals surface area contributed by atoms with Crippen molar-refractivity contribution in [2.24, 2.45) is 0 Å². The molecule has 1 aromatic rings. The van der Waals surface area contributed by atoms with Crippen LogP contribution in [0.25, 0.3) is 0 Å². The Morgan fingerprint density at radius 3 is 3.06 bits per heavy atom. The highest BCUT2D eigenvalue weighted by atomic mass is 32.2. The third-order valence-electron chi connectivity index (χ3n) is 4.07. The van der Waals surface area contributed by atoms with Gasteiger partial charge in [-0.25, -0.2) is 4.98 Å². The van der Waals surface area contributed by atoms with Crippen LogP contribution in [0, 0.1) is 0 Å². The summed E-state index contributed by atoms with van der Waals surface area (Å²) >= 11 is 2.12. The first kappa shape index (κ1) is 12.5. The van der Waals surface area contributed by atoms with Crippen LogP contribution in [-0.2, 0) is 6.54 Å². The second-order valence-electron chi connectivity index (χ2n) is 5.44. The van der Waals surface area contributed by atoms with Crippen LogP contribution in [0.4, 0.5) is 0 Å². The number of nitrogens with zero attached hydrogens (tertiary/aromatic N) is 2. The first-order valence-corrected chi connectivity index (χ1v) is 8.29. The monoisotopic (exact) mass is 265 g/mol. The summed E-state index contributed by atoms with van der Waals surface area (Å²) in [6.07, 6.45) is 10.8. The molecule has 0 spiro atoms. The lowest BCUT2D eigenvalue weighted by atomic mass is 10.2. The smallest absolute Gasteiger partial charge is 0.0951 e. The fraction of sp³-hybridized carbons (Fsp3) is 0.786. The van der Waals surface area contributed by atoms with Crippen LogP contribution < -0.4 is 5.32 Å². The number of nitrogens with one attached hydrogen (secondary N) is 1. The molecule has 1 heterocycles. The predicted octanol–water partition coefficient (Wildman–Crippen LogP) is 2.98. The lowest BCUT2D eigenvalue weighted by molar-refractivity contribution is 0.514. The molecular weight excluding hydrogens is 242 g/mol. The molecule has 0 aromatic carbocycles. The summed E-state index contributed by atoms with van der Waals surface area (Å²) in [5, 5.41) is 4.59. The quantitative estimate of drug-likeness (QED) is 0.857. The summed E-state index contributed by atoms with van der Waals surface area (Å²) < 4.78 is 2.37. The molecule has 2 fully saturated rings. The molecule has 0 saturated heterocycles. The maximum Gasteiger partial charge on any atom is 0.0951 e. The highest BCUT2D eigenvalue weighted by molar-refractivity contribution is 7.99. The van der Waals surface area contributed by atoms with E-state index >= 15 is 0 Å². The third-order valence-corrected chi connectivity index (χ3v) is 5.39. The van der Waals surface area contributed by atoms with Crippen LogP contribution in [0.3, 0.4) is 0 Å². The molecule has 4 heteroatoms. The Kier molecular flexibility index (Phi) is 3.94. The Hall–Kier alpha value is -0.480. The second-order valence-corrected chi connectivity index (χ2v) is 6.95. The van der Waals surface area contributed by atoms with Crippen LogP contribution >= 0.6 is 11.8 Å². The lowest BCUT2D eigenvalue weighted by Crippen LogP contribution is -2.34. The van der Waals surface area contributed by atoms with Crippen LogP contribution in [0.2, 0.25) is 0 Å². The summed E-state index contributed by atoms with van der Waals surface area (Å²) in [6.45, 7) is 3.25. The Bertz CT molecular complexity index is 386. The van der Waals surface area contributed by atoms with Crippen molar-refractivity contribution in [2.75, 3.05) is 5.75 Å². The molecule has 2 aliphatic rings. The Morgan fingerprint density at radius 2 is 2.28 bits per heavy atom. The molecule has 3 nitrogen and oxygen atoms in total. The average molecular weight is 265 g/mol. The van der Waals surface area contributed by atoms with E-state index in [0.29, 0.717) is 6.04 Å². The zero-order valence-corrected chi connectivity index (χ0v) is 12.0. The molecule has 2 saturated carbocycles. The Balaban J connectivity index is 1.55. The molecule has 2 atom stereocenters. The van der Waals surface area contributed by atoms with E-state index in [4.69, 9.17) is 0 Å². The summed E-state index contributed by atoms with van der Waals surface area (Å²) in [7, 11) is 0. The van der Waals surface area contributed by atoms with Crippen LogP contribution in [0.1, 0.15) is 50.8 Å². The number of imidazole rings is 1. The van der Waals surface area contributed by atoms with Crippen LogP contribution in [0.5, 0.6) is 0 Å². The van der Waals surface area contributed by atoms with Crippen molar-refractivity contribution in [3.63, 3.8) is 0 Å². The van der Waals surface area contributed by atoms with Gasteiger partial charge in [0.05, 0.1) is 12.0 Å². The van der Waals surface area contributed by atoms with E-state index in [0.717, 1.165) is 17.8 Å². The summed E-state index contributed by atoms with van der Waals surface area (Å²) in [5.41, 5.74) is 1.37. The van der Waals surface area contributed by atoms with Gasteiger partial charge in [-0.1, -0.05) is 13.3 Å². The molecule has 18 heavy (non-hydrogen) atoms. The van der Waals surface area contributed by atoms with E-state index in [9.17, 15) is 0 Å². The van der Waals surface area contributed by atoms with Crippen molar-refractivity contribution in [1.29, 1.82) is 0 Å². The molecule has 1 N–H and O–H groups in total. The first-order chi connectivity index (χ1) is 8.88. The van der Waals surface area contributed by atoms with Gasteiger partial charge in [0.1, 0.15) is 0 Å². The van der Waals surface area contributed by atoms with Crippen molar-refractivity contribution in [1.82, 2.24) is 14.9 Å². The topological polar surface area (TPSA) is 29.9 Å². The first-order valence-electron chi connectivity index (χ1n) is 7.24. The number of rotatable bonds is 6. The van der Waals surface area contributed by atoms with E-state index in [2.05, 4.69) is 33.6 Å². The van der Waals surface area contributed by atoms with Gasteiger partial charge in [0, 0.05) is 30.1 Å². The maximum atomic E-state index is 4.30. The molecular formula is C14H23N3S. The van der Waals surface area contributed by atoms with Crippen LogP contribution in [-0.4, -0.2) is 26.6 Å². The number of hydrogen-bond donors (Lipinski definition) is 1. The Morgan fingerprint density at radius 1 is 1.39 bits per heavy atom. The van der Waals surface area contributed by atoms with Gasteiger partial charge in [0.15, 0.2) is 0 Å². The van der Waals surface area contributed by atoms with Crippen molar-refractivity contribution in [3.05, 3.63) is 18.2 Å². The average Bonchev–Trinajstić information content (AvgIpc) is 2.95. The van der Waals surface area contributed by atoms with E-state index in [-0.39, 0.29) is 0 Å². The maximum absolute atomic E-state index is 4.30. The zero-order valence-electron chi connectivity index (χ0n) is 11.1. The van der Waals surface area contributed by atoms with Crippen molar-refractivity contribution < 1.29 is 0 Å². The van der Waals surface area contributed by atoms with Crippen LogP contribution in [0.15, 0.2) is 12.5 Å². The molecule has 0 amide bonds. The number of aromatic nitrogens is 2. The second kappa shape index (κ2) is 5.66. The lowest BCUT2D eigenvalue weighted by Gasteiger charge is -2.20. The molecule has 1 aromatic heterocycles. The molecule has 0 bridgehead atoms. The van der Waals surface area contributed by atoms with Crippen molar-refractivity contribution >= 4 is 11.8 Å². The minimum absolute atomic E-state index is 0.706. The SMILES string of the molecule is CCSC1CCCC1NCc1cncn1C1CC1. The highest BCUT2D eigenvalue weighted by Crippen LogP contribution is 2.36. The van der Waals surface area contributed by atoms with Crippen molar-refractivity contribution in [2.45, 2.75) is 62.9 Å². The van der Waals surface area contributed by atoms with E-state index < -0.39 is 0 Å². The zero-order chi connectivity index (χ0) is 12.4. The van der Waals surface area contributed by atoms with Crippen molar-refractivity contribution in [3.8, 4) is 0 Å². The summed E-state index contributed by atoms with van der Waals surface area (Å²) in [6, 6.07) is 1.45. The van der Waals surface area contributed by atoms with E-state index in [1.54, 1.807) is 0 Å².